The fraction of sp³-hybridized carbons (Fsp3) is 0.389. The molecule has 0 saturated carbocycles. The summed E-state index contributed by atoms with van der Waals surface area (Å²) in [6, 6.07) is 7.22. The molecule has 2 heterocycles. The molecule has 122 valence electrons. The second kappa shape index (κ2) is 7.72. The van der Waals surface area contributed by atoms with Gasteiger partial charge in [0.15, 0.2) is 0 Å². The van der Waals surface area contributed by atoms with Crippen molar-refractivity contribution in [1.82, 2.24) is 15.3 Å². The van der Waals surface area contributed by atoms with E-state index in [4.69, 9.17) is 0 Å². The first kappa shape index (κ1) is 16.9. The number of carbonyl (C=O) groups excluding carboxylic acids is 1. The Hall–Kier alpha value is -2.43. The van der Waals surface area contributed by atoms with Gasteiger partial charge in [0, 0.05) is 23.4 Å². The SMILES string of the molecule is CCCCNC(=O)c1cccc(-c2cc(CC)c(=O)[nH]c2C)n1. The van der Waals surface area contributed by atoms with E-state index in [-0.39, 0.29) is 11.5 Å². The Morgan fingerprint density at radius 2 is 2.09 bits per heavy atom. The molecule has 2 N–H and O–H groups in total. The molecule has 0 radical (unpaired) electrons. The highest BCUT2D eigenvalue weighted by atomic mass is 16.1. The van der Waals surface area contributed by atoms with Gasteiger partial charge in [-0.1, -0.05) is 26.3 Å². The van der Waals surface area contributed by atoms with Crippen LogP contribution >= 0.6 is 0 Å². The zero-order valence-electron chi connectivity index (χ0n) is 13.9. The maximum atomic E-state index is 12.1. The lowest BCUT2D eigenvalue weighted by Gasteiger charge is -2.09. The third kappa shape index (κ3) is 4.06. The van der Waals surface area contributed by atoms with Gasteiger partial charge < -0.3 is 10.3 Å². The number of aromatic amines is 1. The number of hydrogen-bond donors (Lipinski definition) is 2. The Labute approximate surface area is 136 Å². The predicted octanol–water partition coefficient (Wildman–Crippen LogP) is 2.84. The van der Waals surface area contributed by atoms with Crippen molar-refractivity contribution >= 4 is 5.91 Å². The monoisotopic (exact) mass is 313 g/mol. The highest BCUT2D eigenvalue weighted by Crippen LogP contribution is 2.20. The Morgan fingerprint density at radius 3 is 2.78 bits per heavy atom. The minimum atomic E-state index is -0.168. The summed E-state index contributed by atoms with van der Waals surface area (Å²) in [6.45, 7) is 6.51. The van der Waals surface area contributed by atoms with Crippen molar-refractivity contribution in [2.75, 3.05) is 6.54 Å². The zero-order chi connectivity index (χ0) is 16.8. The third-order valence-electron chi connectivity index (χ3n) is 3.77. The summed E-state index contributed by atoms with van der Waals surface area (Å²) < 4.78 is 0. The molecule has 5 nitrogen and oxygen atoms in total. The highest BCUT2D eigenvalue weighted by molar-refractivity contribution is 5.92. The Morgan fingerprint density at radius 1 is 1.30 bits per heavy atom. The lowest BCUT2D eigenvalue weighted by molar-refractivity contribution is 0.0948. The largest absolute Gasteiger partial charge is 0.351 e. The second-order valence-electron chi connectivity index (χ2n) is 5.53. The summed E-state index contributed by atoms with van der Waals surface area (Å²) >= 11 is 0. The number of nitrogens with zero attached hydrogens (tertiary/aromatic N) is 1. The van der Waals surface area contributed by atoms with Crippen LogP contribution in [0, 0.1) is 6.92 Å². The molecule has 0 spiro atoms. The number of pyridine rings is 2. The minimum Gasteiger partial charge on any atom is -0.351 e. The average Bonchev–Trinajstić information content (AvgIpc) is 2.55. The van der Waals surface area contributed by atoms with Gasteiger partial charge in [0.05, 0.1) is 5.69 Å². The van der Waals surface area contributed by atoms with Crippen LogP contribution in [-0.2, 0) is 6.42 Å². The van der Waals surface area contributed by atoms with Crippen molar-refractivity contribution in [1.29, 1.82) is 0 Å². The smallest absolute Gasteiger partial charge is 0.269 e. The van der Waals surface area contributed by atoms with Crippen LogP contribution in [0.4, 0.5) is 0 Å². The van der Waals surface area contributed by atoms with Crippen LogP contribution in [0.5, 0.6) is 0 Å². The molecule has 23 heavy (non-hydrogen) atoms. The van der Waals surface area contributed by atoms with Crippen molar-refractivity contribution in [3.63, 3.8) is 0 Å². The van der Waals surface area contributed by atoms with Crippen LogP contribution < -0.4 is 10.9 Å². The number of H-pyrrole nitrogens is 1. The molecule has 0 aromatic carbocycles. The fourth-order valence-electron chi connectivity index (χ4n) is 2.38. The first-order chi connectivity index (χ1) is 11.1. The Kier molecular flexibility index (Phi) is 5.68. The molecule has 1 amide bonds. The first-order valence-corrected chi connectivity index (χ1v) is 8.05. The van der Waals surface area contributed by atoms with E-state index in [0.29, 0.717) is 29.9 Å². The van der Waals surface area contributed by atoms with E-state index in [1.54, 1.807) is 6.07 Å². The van der Waals surface area contributed by atoms with Crippen LogP contribution in [0.1, 0.15) is 48.4 Å². The molecular weight excluding hydrogens is 290 g/mol. The summed E-state index contributed by atoms with van der Waals surface area (Å²) in [5.74, 6) is -0.168. The van der Waals surface area contributed by atoms with E-state index in [9.17, 15) is 9.59 Å². The van der Waals surface area contributed by atoms with E-state index in [2.05, 4.69) is 22.2 Å². The topological polar surface area (TPSA) is 74.8 Å². The van der Waals surface area contributed by atoms with E-state index < -0.39 is 0 Å². The Balaban J connectivity index is 2.33. The predicted molar refractivity (Wildman–Crippen MR) is 91.6 cm³/mol. The summed E-state index contributed by atoms with van der Waals surface area (Å²) in [7, 11) is 0. The standard InChI is InChI=1S/C18H23N3O2/c1-4-6-10-19-18(23)16-9-7-8-15(21-16)14-11-13(5-2)17(22)20-12(14)3/h7-9,11H,4-6,10H2,1-3H3,(H,19,23)(H,20,22). The first-order valence-electron chi connectivity index (χ1n) is 8.05. The van der Waals surface area contributed by atoms with Crippen LogP contribution in [0.2, 0.25) is 0 Å². The lowest BCUT2D eigenvalue weighted by Crippen LogP contribution is -2.25. The van der Waals surface area contributed by atoms with Gasteiger partial charge in [-0.25, -0.2) is 4.98 Å². The maximum Gasteiger partial charge on any atom is 0.269 e. The van der Waals surface area contributed by atoms with Crippen molar-refractivity contribution in [3.05, 3.63) is 51.6 Å². The Bertz CT molecular complexity index is 750. The van der Waals surface area contributed by atoms with Crippen molar-refractivity contribution in [2.24, 2.45) is 0 Å². The summed E-state index contributed by atoms with van der Waals surface area (Å²) in [5.41, 5.74) is 3.33. The lowest BCUT2D eigenvalue weighted by atomic mass is 10.1. The molecule has 0 aliphatic heterocycles. The maximum absolute atomic E-state index is 12.1. The van der Waals surface area contributed by atoms with Gasteiger partial charge in [-0.3, -0.25) is 9.59 Å². The molecule has 0 aliphatic rings. The quantitative estimate of drug-likeness (QED) is 0.805. The van der Waals surface area contributed by atoms with Gasteiger partial charge in [0.25, 0.3) is 11.5 Å². The van der Waals surface area contributed by atoms with Crippen LogP contribution in [0.3, 0.4) is 0 Å². The number of aryl methyl sites for hydroxylation is 2. The van der Waals surface area contributed by atoms with Gasteiger partial charge >= 0.3 is 0 Å². The van der Waals surface area contributed by atoms with E-state index in [0.717, 1.165) is 24.1 Å². The number of hydrogen-bond acceptors (Lipinski definition) is 3. The number of aromatic nitrogens is 2. The number of amides is 1. The third-order valence-corrected chi connectivity index (χ3v) is 3.77. The average molecular weight is 313 g/mol. The van der Waals surface area contributed by atoms with Gasteiger partial charge in [-0.2, -0.15) is 0 Å². The van der Waals surface area contributed by atoms with Crippen molar-refractivity contribution in [2.45, 2.75) is 40.0 Å². The van der Waals surface area contributed by atoms with Crippen molar-refractivity contribution < 1.29 is 4.79 Å². The molecular formula is C18H23N3O2. The molecule has 0 atom stereocenters. The highest BCUT2D eigenvalue weighted by Gasteiger charge is 2.11. The second-order valence-corrected chi connectivity index (χ2v) is 5.53. The van der Waals surface area contributed by atoms with E-state index >= 15 is 0 Å². The number of nitrogens with one attached hydrogen (secondary N) is 2. The molecule has 0 bridgehead atoms. The number of unbranched alkanes of at least 4 members (excludes halogenated alkanes) is 1. The summed E-state index contributed by atoms with van der Waals surface area (Å²) in [4.78, 5) is 31.3. The minimum absolute atomic E-state index is 0.0674. The van der Waals surface area contributed by atoms with Gasteiger partial charge in [0.2, 0.25) is 0 Å². The van der Waals surface area contributed by atoms with Crippen molar-refractivity contribution in [3.8, 4) is 11.3 Å². The molecule has 2 rings (SSSR count). The van der Waals surface area contributed by atoms with E-state index in [1.165, 1.54) is 0 Å². The van der Waals surface area contributed by atoms with Crippen LogP contribution in [0.25, 0.3) is 11.3 Å². The zero-order valence-corrected chi connectivity index (χ0v) is 13.9. The van der Waals surface area contributed by atoms with Gasteiger partial charge in [-0.05, 0) is 38.0 Å². The molecule has 0 saturated heterocycles. The summed E-state index contributed by atoms with van der Waals surface area (Å²) in [6.07, 6.45) is 2.63. The molecule has 2 aromatic rings. The molecule has 0 aliphatic carbocycles. The van der Waals surface area contributed by atoms with E-state index in [1.807, 2.05) is 32.0 Å². The molecule has 0 unspecified atom stereocenters. The molecule has 0 fully saturated rings. The molecule has 5 heteroatoms. The van der Waals surface area contributed by atoms with Gasteiger partial charge in [-0.15, -0.1) is 0 Å². The van der Waals surface area contributed by atoms with Gasteiger partial charge in [0.1, 0.15) is 5.69 Å². The number of carbonyl (C=O) groups is 1. The summed E-state index contributed by atoms with van der Waals surface area (Å²) in [5, 5.41) is 2.87. The van der Waals surface area contributed by atoms with Crippen LogP contribution in [0.15, 0.2) is 29.1 Å². The van der Waals surface area contributed by atoms with Crippen LogP contribution in [-0.4, -0.2) is 22.4 Å². The normalized spacial score (nSPS) is 10.6. The molecule has 2 aromatic heterocycles. The fourth-order valence-corrected chi connectivity index (χ4v) is 2.38. The number of rotatable bonds is 6.